The smallest absolute Gasteiger partial charge is 0.257 e. The zero-order valence-corrected chi connectivity index (χ0v) is 8.77. The van der Waals surface area contributed by atoms with E-state index in [0.29, 0.717) is 6.54 Å². The SMILES string of the molecule is O=C(c1ccncc1F)N1CCCC1CO. The van der Waals surface area contributed by atoms with E-state index in [1.807, 2.05) is 0 Å². The Bertz CT molecular complexity index is 397. The van der Waals surface area contributed by atoms with Gasteiger partial charge in [0.05, 0.1) is 24.4 Å². The second-order valence-corrected chi connectivity index (χ2v) is 3.83. The zero-order chi connectivity index (χ0) is 11.5. The molecule has 0 aliphatic carbocycles. The van der Waals surface area contributed by atoms with E-state index in [2.05, 4.69) is 4.98 Å². The van der Waals surface area contributed by atoms with Crippen molar-refractivity contribution in [2.45, 2.75) is 18.9 Å². The first-order chi connectivity index (χ1) is 7.74. The highest BCUT2D eigenvalue weighted by Crippen LogP contribution is 2.20. The first-order valence-electron chi connectivity index (χ1n) is 5.25. The van der Waals surface area contributed by atoms with Crippen LogP contribution in [0.2, 0.25) is 0 Å². The van der Waals surface area contributed by atoms with Crippen LogP contribution < -0.4 is 0 Å². The van der Waals surface area contributed by atoms with Gasteiger partial charge < -0.3 is 10.0 Å². The summed E-state index contributed by atoms with van der Waals surface area (Å²) in [5.41, 5.74) is 0.0235. The molecule has 1 saturated heterocycles. The van der Waals surface area contributed by atoms with E-state index in [4.69, 9.17) is 5.11 Å². The number of aromatic nitrogens is 1. The van der Waals surface area contributed by atoms with Gasteiger partial charge in [0.15, 0.2) is 5.82 Å². The Morgan fingerprint density at radius 3 is 3.19 bits per heavy atom. The second kappa shape index (κ2) is 4.57. The lowest BCUT2D eigenvalue weighted by atomic mass is 10.2. The van der Waals surface area contributed by atoms with E-state index in [1.54, 1.807) is 0 Å². The third kappa shape index (κ3) is 1.90. The van der Waals surface area contributed by atoms with Gasteiger partial charge in [-0.25, -0.2) is 4.39 Å². The molecule has 1 aromatic heterocycles. The van der Waals surface area contributed by atoms with Crippen LogP contribution in [-0.2, 0) is 0 Å². The summed E-state index contributed by atoms with van der Waals surface area (Å²) >= 11 is 0. The molecule has 2 heterocycles. The summed E-state index contributed by atoms with van der Waals surface area (Å²) in [6.45, 7) is 0.504. The molecule has 0 spiro atoms. The maximum absolute atomic E-state index is 13.4. The number of likely N-dealkylation sites (tertiary alicyclic amines) is 1. The summed E-state index contributed by atoms with van der Waals surface area (Å²) < 4.78 is 13.4. The standard InChI is InChI=1S/C11H13FN2O2/c12-10-6-13-4-3-9(10)11(16)14-5-1-2-8(14)7-15/h3-4,6,8,15H,1-2,5,7H2. The van der Waals surface area contributed by atoms with Crippen LogP contribution in [0, 0.1) is 5.82 Å². The van der Waals surface area contributed by atoms with E-state index in [9.17, 15) is 9.18 Å². The summed E-state index contributed by atoms with van der Waals surface area (Å²) in [6.07, 6.45) is 4.04. The van der Waals surface area contributed by atoms with Crippen LogP contribution in [0.3, 0.4) is 0 Å². The Morgan fingerprint density at radius 1 is 1.69 bits per heavy atom. The molecule has 1 amide bonds. The Balaban J connectivity index is 2.22. The van der Waals surface area contributed by atoms with Crippen LogP contribution >= 0.6 is 0 Å². The Labute approximate surface area is 92.7 Å². The predicted molar refractivity (Wildman–Crippen MR) is 55.3 cm³/mol. The van der Waals surface area contributed by atoms with E-state index in [0.717, 1.165) is 19.0 Å². The number of amides is 1. The first kappa shape index (κ1) is 11.0. The van der Waals surface area contributed by atoms with Crippen molar-refractivity contribution in [3.05, 3.63) is 29.8 Å². The van der Waals surface area contributed by atoms with Gasteiger partial charge in [-0.1, -0.05) is 0 Å². The molecule has 2 rings (SSSR count). The van der Waals surface area contributed by atoms with Crippen molar-refractivity contribution in [3.8, 4) is 0 Å². The number of hydrogen-bond donors (Lipinski definition) is 1. The van der Waals surface area contributed by atoms with Crippen LogP contribution in [0.4, 0.5) is 4.39 Å². The summed E-state index contributed by atoms with van der Waals surface area (Å²) in [7, 11) is 0. The summed E-state index contributed by atoms with van der Waals surface area (Å²) in [5.74, 6) is -0.979. The molecule has 1 fully saturated rings. The third-order valence-corrected chi connectivity index (χ3v) is 2.85. The fraction of sp³-hybridized carbons (Fsp3) is 0.455. The number of rotatable bonds is 2. The Hall–Kier alpha value is -1.49. The molecule has 1 unspecified atom stereocenters. The van der Waals surface area contributed by atoms with Gasteiger partial charge in [-0.05, 0) is 18.9 Å². The van der Waals surface area contributed by atoms with Gasteiger partial charge in [0.1, 0.15) is 0 Å². The average Bonchev–Trinajstić information content (AvgIpc) is 2.77. The number of nitrogens with zero attached hydrogens (tertiary/aromatic N) is 2. The fourth-order valence-corrected chi connectivity index (χ4v) is 2.00. The Kier molecular flexibility index (Phi) is 3.14. The number of carbonyl (C=O) groups excluding carboxylic acids is 1. The predicted octanol–water partition coefficient (Wildman–Crippen LogP) is 0.818. The van der Waals surface area contributed by atoms with E-state index < -0.39 is 5.82 Å². The molecule has 0 radical (unpaired) electrons. The number of pyridine rings is 1. The van der Waals surface area contributed by atoms with Crippen molar-refractivity contribution >= 4 is 5.91 Å². The summed E-state index contributed by atoms with van der Waals surface area (Å²) in [5, 5.41) is 9.10. The van der Waals surface area contributed by atoms with Crippen molar-refractivity contribution in [1.29, 1.82) is 0 Å². The molecular weight excluding hydrogens is 211 g/mol. The molecule has 0 saturated carbocycles. The van der Waals surface area contributed by atoms with Crippen molar-refractivity contribution in [2.75, 3.05) is 13.2 Å². The minimum absolute atomic E-state index is 0.0235. The number of carbonyl (C=O) groups is 1. The van der Waals surface area contributed by atoms with E-state index in [-0.39, 0.29) is 24.1 Å². The van der Waals surface area contributed by atoms with Crippen molar-refractivity contribution in [2.24, 2.45) is 0 Å². The molecule has 1 aromatic rings. The third-order valence-electron chi connectivity index (χ3n) is 2.85. The lowest BCUT2D eigenvalue weighted by Gasteiger charge is -2.23. The van der Waals surface area contributed by atoms with Crippen molar-refractivity contribution in [1.82, 2.24) is 9.88 Å². The minimum Gasteiger partial charge on any atom is -0.394 e. The molecule has 4 nitrogen and oxygen atoms in total. The maximum atomic E-state index is 13.4. The fourth-order valence-electron chi connectivity index (χ4n) is 2.00. The molecule has 16 heavy (non-hydrogen) atoms. The van der Waals surface area contributed by atoms with Gasteiger partial charge in [0.2, 0.25) is 0 Å². The zero-order valence-electron chi connectivity index (χ0n) is 8.77. The largest absolute Gasteiger partial charge is 0.394 e. The maximum Gasteiger partial charge on any atom is 0.257 e. The normalized spacial score (nSPS) is 20.1. The molecule has 86 valence electrons. The molecule has 1 aliphatic heterocycles. The van der Waals surface area contributed by atoms with Crippen LogP contribution in [0.15, 0.2) is 18.5 Å². The van der Waals surface area contributed by atoms with Crippen molar-refractivity contribution < 1.29 is 14.3 Å². The summed E-state index contributed by atoms with van der Waals surface area (Å²) in [6, 6.07) is 1.19. The molecule has 1 N–H and O–H groups in total. The van der Waals surface area contributed by atoms with Gasteiger partial charge in [0.25, 0.3) is 5.91 Å². The molecule has 5 heteroatoms. The van der Waals surface area contributed by atoms with Gasteiger partial charge >= 0.3 is 0 Å². The second-order valence-electron chi connectivity index (χ2n) is 3.83. The van der Waals surface area contributed by atoms with E-state index >= 15 is 0 Å². The van der Waals surface area contributed by atoms with Crippen LogP contribution in [-0.4, -0.2) is 40.1 Å². The molecular formula is C11H13FN2O2. The average molecular weight is 224 g/mol. The van der Waals surface area contributed by atoms with Crippen LogP contribution in [0.25, 0.3) is 0 Å². The molecule has 1 aliphatic rings. The van der Waals surface area contributed by atoms with Crippen LogP contribution in [0.1, 0.15) is 23.2 Å². The highest BCUT2D eigenvalue weighted by molar-refractivity contribution is 5.94. The molecule has 1 atom stereocenters. The lowest BCUT2D eigenvalue weighted by Crippen LogP contribution is -2.38. The van der Waals surface area contributed by atoms with Gasteiger partial charge in [-0.2, -0.15) is 0 Å². The molecule has 0 bridgehead atoms. The van der Waals surface area contributed by atoms with E-state index in [1.165, 1.54) is 17.2 Å². The van der Waals surface area contributed by atoms with Gasteiger partial charge in [-0.3, -0.25) is 9.78 Å². The Morgan fingerprint density at radius 2 is 2.50 bits per heavy atom. The number of aliphatic hydroxyl groups is 1. The first-order valence-corrected chi connectivity index (χ1v) is 5.25. The topological polar surface area (TPSA) is 53.4 Å². The number of aliphatic hydroxyl groups excluding tert-OH is 1. The quantitative estimate of drug-likeness (QED) is 0.809. The lowest BCUT2D eigenvalue weighted by molar-refractivity contribution is 0.0672. The minimum atomic E-state index is -0.615. The molecule has 0 aromatic carbocycles. The monoisotopic (exact) mass is 224 g/mol. The number of hydrogen-bond acceptors (Lipinski definition) is 3. The summed E-state index contributed by atoms with van der Waals surface area (Å²) in [4.78, 5) is 17.1. The highest BCUT2D eigenvalue weighted by Gasteiger charge is 2.29. The van der Waals surface area contributed by atoms with Crippen molar-refractivity contribution in [3.63, 3.8) is 0 Å². The van der Waals surface area contributed by atoms with Crippen LogP contribution in [0.5, 0.6) is 0 Å². The number of halogens is 1. The van der Waals surface area contributed by atoms with Gasteiger partial charge in [-0.15, -0.1) is 0 Å². The van der Waals surface area contributed by atoms with Gasteiger partial charge in [0, 0.05) is 12.7 Å². The highest BCUT2D eigenvalue weighted by atomic mass is 19.1.